The molecular weight excluding hydrogens is 420 g/mol. The molecule has 3 rings (SSSR count). The molecule has 0 bridgehead atoms. The molecule has 1 amide bonds. The molecule has 9 heteroatoms. The SMILES string of the molecule is COC(=O)CC1=CCC(c2cccc(F)c2F)C(NC(=O)OC(C)(C)C)c2nccnc21. The molecule has 170 valence electrons. The van der Waals surface area contributed by atoms with Crippen molar-refractivity contribution < 1.29 is 27.8 Å². The number of aromatic nitrogens is 2. The van der Waals surface area contributed by atoms with Crippen LogP contribution in [0.2, 0.25) is 0 Å². The number of amides is 1. The maximum absolute atomic E-state index is 14.8. The van der Waals surface area contributed by atoms with Gasteiger partial charge < -0.3 is 14.8 Å². The summed E-state index contributed by atoms with van der Waals surface area (Å²) in [5.74, 6) is -3.23. The number of hydrogen-bond acceptors (Lipinski definition) is 6. The summed E-state index contributed by atoms with van der Waals surface area (Å²) in [5.41, 5.74) is 0.514. The van der Waals surface area contributed by atoms with E-state index in [1.54, 1.807) is 26.8 Å². The summed E-state index contributed by atoms with van der Waals surface area (Å²) in [6, 6.07) is 3.00. The van der Waals surface area contributed by atoms with E-state index in [9.17, 15) is 18.4 Å². The molecule has 1 N–H and O–H groups in total. The van der Waals surface area contributed by atoms with E-state index in [1.165, 1.54) is 31.6 Å². The first-order chi connectivity index (χ1) is 15.1. The van der Waals surface area contributed by atoms with Gasteiger partial charge in [-0.05, 0) is 44.4 Å². The van der Waals surface area contributed by atoms with E-state index in [4.69, 9.17) is 9.47 Å². The summed E-state index contributed by atoms with van der Waals surface area (Å²) >= 11 is 0. The number of hydrogen-bond donors (Lipinski definition) is 1. The van der Waals surface area contributed by atoms with Crippen LogP contribution in [0.15, 0.2) is 36.7 Å². The van der Waals surface area contributed by atoms with Gasteiger partial charge in [0, 0.05) is 18.3 Å². The van der Waals surface area contributed by atoms with Gasteiger partial charge in [0.15, 0.2) is 11.6 Å². The number of esters is 1. The Hall–Kier alpha value is -3.36. The maximum atomic E-state index is 14.8. The van der Waals surface area contributed by atoms with Crippen LogP contribution in [0.25, 0.3) is 5.57 Å². The van der Waals surface area contributed by atoms with E-state index < -0.39 is 41.3 Å². The Bertz CT molecular complexity index is 1050. The molecule has 0 aliphatic heterocycles. The number of benzene rings is 1. The highest BCUT2D eigenvalue weighted by molar-refractivity contribution is 5.85. The maximum Gasteiger partial charge on any atom is 0.408 e. The van der Waals surface area contributed by atoms with E-state index in [0.717, 1.165) is 6.07 Å². The van der Waals surface area contributed by atoms with E-state index in [1.807, 2.05) is 0 Å². The number of carbonyl (C=O) groups is 2. The molecule has 32 heavy (non-hydrogen) atoms. The third-order valence-corrected chi connectivity index (χ3v) is 4.96. The molecule has 0 fully saturated rings. The Kier molecular flexibility index (Phi) is 6.86. The largest absolute Gasteiger partial charge is 0.469 e. The fraction of sp³-hybridized carbons (Fsp3) is 0.391. The molecule has 2 atom stereocenters. The first-order valence-corrected chi connectivity index (χ1v) is 10.1. The predicted octanol–water partition coefficient (Wildman–Crippen LogP) is 4.45. The number of methoxy groups -OCH3 is 1. The zero-order valence-electron chi connectivity index (χ0n) is 18.3. The fourth-order valence-corrected chi connectivity index (χ4v) is 3.62. The highest BCUT2D eigenvalue weighted by Crippen LogP contribution is 2.41. The topological polar surface area (TPSA) is 90.4 Å². The van der Waals surface area contributed by atoms with Crippen molar-refractivity contribution in [1.29, 1.82) is 0 Å². The second-order valence-electron chi connectivity index (χ2n) is 8.38. The molecule has 0 spiro atoms. The van der Waals surface area contributed by atoms with Crippen molar-refractivity contribution in [1.82, 2.24) is 15.3 Å². The summed E-state index contributed by atoms with van der Waals surface area (Å²) < 4.78 is 39.0. The molecule has 1 heterocycles. The molecule has 1 aliphatic rings. The van der Waals surface area contributed by atoms with Crippen LogP contribution in [0.5, 0.6) is 0 Å². The summed E-state index contributed by atoms with van der Waals surface area (Å²) in [6.07, 6.45) is 3.97. The zero-order valence-corrected chi connectivity index (χ0v) is 18.3. The third-order valence-electron chi connectivity index (χ3n) is 4.96. The summed E-state index contributed by atoms with van der Waals surface area (Å²) in [6.45, 7) is 5.15. The Morgan fingerprint density at radius 1 is 1.19 bits per heavy atom. The monoisotopic (exact) mass is 445 g/mol. The number of carbonyl (C=O) groups excluding carboxylic acids is 2. The van der Waals surface area contributed by atoms with Crippen LogP contribution in [-0.2, 0) is 14.3 Å². The van der Waals surface area contributed by atoms with E-state index in [2.05, 4.69) is 15.3 Å². The van der Waals surface area contributed by atoms with Crippen LogP contribution in [0, 0.1) is 11.6 Å². The Morgan fingerprint density at radius 3 is 2.59 bits per heavy atom. The van der Waals surface area contributed by atoms with Crippen LogP contribution in [-0.4, -0.2) is 34.7 Å². The fourth-order valence-electron chi connectivity index (χ4n) is 3.62. The Labute approximate surface area is 184 Å². The molecule has 0 radical (unpaired) electrons. The molecule has 0 saturated carbocycles. The lowest BCUT2D eigenvalue weighted by Crippen LogP contribution is -2.38. The predicted molar refractivity (Wildman–Crippen MR) is 112 cm³/mol. The van der Waals surface area contributed by atoms with Crippen LogP contribution in [0.4, 0.5) is 13.6 Å². The van der Waals surface area contributed by atoms with Crippen LogP contribution < -0.4 is 5.32 Å². The smallest absolute Gasteiger partial charge is 0.408 e. The highest BCUT2D eigenvalue weighted by atomic mass is 19.2. The van der Waals surface area contributed by atoms with Crippen LogP contribution in [0.1, 0.15) is 62.5 Å². The molecule has 7 nitrogen and oxygen atoms in total. The summed E-state index contributed by atoms with van der Waals surface area (Å²) in [4.78, 5) is 33.3. The number of halogens is 2. The molecule has 1 aromatic carbocycles. The second kappa shape index (κ2) is 9.42. The van der Waals surface area contributed by atoms with E-state index in [-0.39, 0.29) is 18.4 Å². The standard InChI is InChI=1S/C23H25F2N3O4/c1-23(2,3)32-22(30)28-20-15(14-6-5-7-16(24)18(14)25)9-8-13(12-17(29)31-4)19-21(20)27-11-10-26-19/h5-8,10-11,15,20H,9,12H2,1-4H3,(H,28,30). The van der Waals surface area contributed by atoms with E-state index in [0.29, 0.717) is 17.0 Å². The van der Waals surface area contributed by atoms with Crippen molar-refractivity contribution in [3.8, 4) is 0 Å². The van der Waals surface area contributed by atoms with Crippen molar-refractivity contribution >= 4 is 17.6 Å². The van der Waals surface area contributed by atoms with Gasteiger partial charge in [0.25, 0.3) is 0 Å². The molecule has 0 saturated heterocycles. The van der Waals surface area contributed by atoms with Gasteiger partial charge in [-0.25, -0.2) is 13.6 Å². The summed E-state index contributed by atoms with van der Waals surface area (Å²) in [7, 11) is 1.27. The first kappa shape index (κ1) is 23.3. The lowest BCUT2D eigenvalue weighted by atomic mass is 9.87. The first-order valence-electron chi connectivity index (χ1n) is 10.1. The van der Waals surface area contributed by atoms with Gasteiger partial charge in [0.05, 0.1) is 31.0 Å². The summed E-state index contributed by atoms with van der Waals surface area (Å²) in [5, 5.41) is 2.75. The number of nitrogens with zero attached hydrogens (tertiary/aromatic N) is 2. The van der Waals surface area contributed by atoms with Crippen molar-refractivity contribution in [2.45, 2.75) is 51.2 Å². The quantitative estimate of drug-likeness (QED) is 0.699. The molecule has 1 aliphatic carbocycles. The molecule has 1 aromatic heterocycles. The van der Waals surface area contributed by atoms with Gasteiger partial charge in [-0.1, -0.05) is 18.2 Å². The highest BCUT2D eigenvalue weighted by Gasteiger charge is 2.36. The average molecular weight is 445 g/mol. The number of fused-ring (bicyclic) bond motifs is 1. The second-order valence-corrected chi connectivity index (χ2v) is 8.38. The number of nitrogens with one attached hydrogen (secondary N) is 1. The van der Waals surface area contributed by atoms with Crippen LogP contribution in [0.3, 0.4) is 0 Å². The number of allylic oxidation sites excluding steroid dienone is 1. The molecule has 2 aromatic rings. The Balaban J connectivity index is 2.12. The van der Waals surface area contributed by atoms with Gasteiger partial charge in [-0.2, -0.15) is 0 Å². The van der Waals surface area contributed by atoms with Crippen molar-refractivity contribution in [3.63, 3.8) is 0 Å². The van der Waals surface area contributed by atoms with Gasteiger partial charge in [0.2, 0.25) is 0 Å². The minimum atomic E-state index is -1.01. The van der Waals surface area contributed by atoms with Gasteiger partial charge >= 0.3 is 12.1 Å². The number of rotatable bonds is 4. The molecular formula is C23H25F2N3O4. The van der Waals surface area contributed by atoms with Gasteiger partial charge in [-0.3, -0.25) is 14.8 Å². The van der Waals surface area contributed by atoms with E-state index >= 15 is 0 Å². The number of alkyl carbamates (subject to hydrolysis) is 1. The minimum absolute atomic E-state index is 0.0678. The normalized spacial score (nSPS) is 18.1. The minimum Gasteiger partial charge on any atom is -0.469 e. The zero-order chi connectivity index (χ0) is 23.5. The van der Waals surface area contributed by atoms with Crippen LogP contribution >= 0.6 is 0 Å². The number of ether oxygens (including phenoxy) is 2. The van der Waals surface area contributed by atoms with Crippen molar-refractivity contribution in [3.05, 3.63) is 65.3 Å². The van der Waals surface area contributed by atoms with Gasteiger partial charge in [0.1, 0.15) is 5.60 Å². The van der Waals surface area contributed by atoms with Crippen molar-refractivity contribution in [2.24, 2.45) is 0 Å². The lowest BCUT2D eigenvalue weighted by molar-refractivity contribution is -0.139. The lowest BCUT2D eigenvalue weighted by Gasteiger charge is -2.29. The average Bonchev–Trinajstić information content (AvgIpc) is 2.86. The Morgan fingerprint density at radius 2 is 1.91 bits per heavy atom. The molecule has 2 unspecified atom stereocenters. The van der Waals surface area contributed by atoms with Crippen molar-refractivity contribution in [2.75, 3.05) is 7.11 Å². The van der Waals surface area contributed by atoms with Gasteiger partial charge in [-0.15, -0.1) is 0 Å². The third kappa shape index (κ3) is 5.27.